The maximum atomic E-state index is 12.8. The van der Waals surface area contributed by atoms with Crippen molar-refractivity contribution in [1.82, 2.24) is 4.98 Å². The van der Waals surface area contributed by atoms with E-state index in [9.17, 15) is 4.39 Å². The Morgan fingerprint density at radius 2 is 2.12 bits per heavy atom. The minimum atomic E-state index is -0.201. The molecule has 0 amide bonds. The molecule has 0 saturated heterocycles. The number of hydrogen-bond acceptors (Lipinski definition) is 3. The SMILES string of the molecule is CCC(Nc1nccs1)c1ccc(F)cc1. The number of hydrogen-bond donors (Lipinski definition) is 1. The van der Waals surface area contributed by atoms with Crippen LogP contribution in [0.5, 0.6) is 0 Å². The number of nitrogens with zero attached hydrogens (tertiary/aromatic N) is 1. The molecule has 2 rings (SSSR count). The summed E-state index contributed by atoms with van der Waals surface area (Å²) in [5.74, 6) is -0.201. The van der Waals surface area contributed by atoms with Crippen LogP contribution in [0.25, 0.3) is 0 Å². The molecule has 2 nitrogen and oxygen atoms in total. The van der Waals surface area contributed by atoms with E-state index in [1.807, 2.05) is 17.5 Å². The third kappa shape index (κ3) is 2.58. The molecule has 84 valence electrons. The maximum absolute atomic E-state index is 12.8. The summed E-state index contributed by atoms with van der Waals surface area (Å²) in [6.07, 6.45) is 2.70. The molecule has 0 bridgehead atoms. The van der Waals surface area contributed by atoms with E-state index in [4.69, 9.17) is 0 Å². The second kappa shape index (κ2) is 5.07. The van der Waals surface area contributed by atoms with E-state index in [1.165, 1.54) is 12.1 Å². The lowest BCUT2D eigenvalue weighted by Crippen LogP contribution is -2.09. The van der Waals surface area contributed by atoms with Crippen molar-refractivity contribution in [2.24, 2.45) is 0 Å². The summed E-state index contributed by atoms with van der Waals surface area (Å²) in [5, 5.41) is 6.16. The zero-order valence-corrected chi connectivity index (χ0v) is 9.80. The quantitative estimate of drug-likeness (QED) is 0.872. The first-order valence-corrected chi connectivity index (χ1v) is 6.09. The standard InChI is InChI=1S/C12H13FN2S/c1-2-11(15-12-14-7-8-16-12)9-3-5-10(13)6-4-9/h3-8,11H,2H2,1H3,(H,14,15). The Morgan fingerprint density at radius 3 is 2.69 bits per heavy atom. The number of halogens is 1. The Morgan fingerprint density at radius 1 is 1.38 bits per heavy atom. The molecule has 0 aliphatic rings. The second-order valence-corrected chi connectivity index (χ2v) is 4.39. The number of benzene rings is 1. The number of nitrogens with one attached hydrogen (secondary N) is 1. The molecule has 0 aliphatic heterocycles. The molecule has 0 fully saturated rings. The van der Waals surface area contributed by atoms with Crippen LogP contribution < -0.4 is 5.32 Å². The molecule has 1 heterocycles. The fourth-order valence-electron chi connectivity index (χ4n) is 1.56. The second-order valence-electron chi connectivity index (χ2n) is 3.49. The van der Waals surface area contributed by atoms with E-state index in [2.05, 4.69) is 17.2 Å². The largest absolute Gasteiger partial charge is 0.355 e. The molecule has 1 aromatic heterocycles. The Hall–Kier alpha value is -1.42. The van der Waals surface area contributed by atoms with Crippen molar-refractivity contribution in [3.05, 3.63) is 47.2 Å². The monoisotopic (exact) mass is 236 g/mol. The Balaban J connectivity index is 2.13. The van der Waals surface area contributed by atoms with Gasteiger partial charge in [-0.3, -0.25) is 0 Å². The van der Waals surface area contributed by atoms with Gasteiger partial charge in [0, 0.05) is 11.6 Å². The number of aromatic nitrogens is 1. The molecule has 16 heavy (non-hydrogen) atoms. The highest BCUT2D eigenvalue weighted by molar-refractivity contribution is 7.13. The molecular formula is C12H13FN2S. The van der Waals surface area contributed by atoms with Crippen LogP contribution in [0.1, 0.15) is 24.9 Å². The summed E-state index contributed by atoms with van der Waals surface area (Å²) in [6, 6.07) is 6.78. The summed E-state index contributed by atoms with van der Waals surface area (Å²) >= 11 is 1.57. The van der Waals surface area contributed by atoms with E-state index >= 15 is 0 Å². The average Bonchev–Trinajstić information content (AvgIpc) is 2.80. The highest BCUT2D eigenvalue weighted by Crippen LogP contribution is 2.23. The molecule has 1 atom stereocenters. The fourth-order valence-corrected chi connectivity index (χ4v) is 2.14. The van der Waals surface area contributed by atoms with Crippen molar-refractivity contribution in [2.45, 2.75) is 19.4 Å². The lowest BCUT2D eigenvalue weighted by atomic mass is 10.1. The summed E-state index contributed by atoms with van der Waals surface area (Å²) in [7, 11) is 0. The molecule has 1 N–H and O–H groups in total. The molecule has 0 aliphatic carbocycles. The fraction of sp³-hybridized carbons (Fsp3) is 0.250. The minimum Gasteiger partial charge on any atom is -0.355 e. The molecule has 0 spiro atoms. The topological polar surface area (TPSA) is 24.9 Å². The first-order valence-electron chi connectivity index (χ1n) is 5.21. The van der Waals surface area contributed by atoms with Crippen LogP contribution in [0.3, 0.4) is 0 Å². The van der Waals surface area contributed by atoms with Gasteiger partial charge in [-0.15, -0.1) is 11.3 Å². The van der Waals surface area contributed by atoms with Gasteiger partial charge in [-0.1, -0.05) is 19.1 Å². The normalized spacial score (nSPS) is 12.4. The predicted octanol–water partition coefficient (Wildman–Crippen LogP) is 3.85. The van der Waals surface area contributed by atoms with Gasteiger partial charge in [-0.25, -0.2) is 9.37 Å². The lowest BCUT2D eigenvalue weighted by Gasteiger charge is -2.16. The van der Waals surface area contributed by atoms with Crippen LogP contribution in [0.15, 0.2) is 35.8 Å². The van der Waals surface area contributed by atoms with Crippen molar-refractivity contribution >= 4 is 16.5 Å². The van der Waals surface area contributed by atoms with Crippen molar-refractivity contribution < 1.29 is 4.39 Å². The third-order valence-electron chi connectivity index (χ3n) is 2.41. The van der Waals surface area contributed by atoms with E-state index in [-0.39, 0.29) is 11.9 Å². The minimum absolute atomic E-state index is 0.187. The van der Waals surface area contributed by atoms with Crippen LogP contribution in [0.2, 0.25) is 0 Å². The van der Waals surface area contributed by atoms with Crippen LogP contribution in [0.4, 0.5) is 9.52 Å². The van der Waals surface area contributed by atoms with E-state index in [0.717, 1.165) is 17.1 Å². The Bertz CT molecular complexity index is 425. The molecule has 0 radical (unpaired) electrons. The van der Waals surface area contributed by atoms with Crippen molar-refractivity contribution in [3.63, 3.8) is 0 Å². The first-order chi connectivity index (χ1) is 7.79. The zero-order chi connectivity index (χ0) is 11.4. The van der Waals surface area contributed by atoms with Crippen molar-refractivity contribution in [1.29, 1.82) is 0 Å². The smallest absolute Gasteiger partial charge is 0.183 e. The summed E-state index contributed by atoms with van der Waals surface area (Å²) in [6.45, 7) is 2.09. The number of rotatable bonds is 4. The first kappa shape index (κ1) is 11.1. The molecule has 1 aromatic carbocycles. The highest BCUT2D eigenvalue weighted by atomic mass is 32.1. The van der Waals surface area contributed by atoms with Gasteiger partial charge in [0.25, 0.3) is 0 Å². The van der Waals surface area contributed by atoms with Crippen molar-refractivity contribution in [3.8, 4) is 0 Å². The Labute approximate surface area is 98.2 Å². The number of thiazole rings is 1. The van der Waals surface area contributed by atoms with Crippen LogP contribution in [-0.2, 0) is 0 Å². The zero-order valence-electron chi connectivity index (χ0n) is 8.98. The van der Waals surface area contributed by atoms with Gasteiger partial charge in [-0.2, -0.15) is 0 Å². The van der Waals surface area contributed by atoms with Gasteiger partial charge < -0.3 is 5.32 Å². The van der Waals surface area contributed by atoms with Gasteiger partial charge in [0.15, 0.2) is 5.13 Å². The molecular weight excluding hydrogens is 223 g/mol. The molecule has 1 unspecified atom stereocenters. The Kier molecular flexibility index (Phi) is 3.51. The summed E-state index contributed by atoms with van der Waals surface area (Å²) in [4.78, 5) is 4.18. The van der Waals surface area contributed by atoms with Gasteiger partial charge in [0.2, 0.25) is 0 Å². The predicted molar refractivity (Wildman–Crippen MR) is 65.2 cm³/mol. The van der Waals surface area contributed by atoms with Gasteiger partial charge in [0.1, 0.15) is 5.82 Å². The molecule has 4 heteroatoms. The van der Waals surface area contributed by atoms with Crippen LogP contribution >= 0.6 is 11.3 Å². The van der Waals surface area contributed by atoms with Gasteiger partial charge in [-0.05, 0) is 24.1 Å². The van der Waals surface area contributed by atoms with Crippen LogP contribution in [0, 0.1) is 5.82 Å². The highest BCUT2D eigenvalue weighted by Gasteiger charge is 2.09. The van der Waals surface area contributed by atoms with Crippen molar-refractivity contribution in [2.75, 3.05) is 5.32 Å². The summed E-state index contributed by atoms with van der Waals surface area (Å²) in [5.41, 5.74) is 1.08. The molecule has 0 saturated carbocycles. The summed E-state index contributed by atoms with van der Waals surface area (Å²) < 4.78 is 12.8. The van der Waals surface area contributed by atoms with Crippen LogP contribution in [-0.4, -0.2) is 4.98 Å². The lowest BCUT2D eigenvalue weighted by molar-refractivity contribution is 0.625. The van der Waals surface area contributed by atoms with E-state index in [0.29, 0.717) is 0 Å². The van der Waals surface area contributed by atoms with Gasteiger partial charge in [0.05, 0.1) is 6.04 Å². The average molecular weight is 236 g/mol. The maximum Gasteiger partial charge on any atom is 0.183 e. The number of anilines is 1. The molecule has 2 aromatic rings. The van der Waals surface area contributed by atoms with E-state index < -0.39 is 0 Å². The third-order valence-corrected chi connectivity index (χ3v) is 3.11. The van der Waals surface area contributed by atoms with Gasteiger partial charge >= 0.3 is 0 Å². The van der Waals surface area contributed by atoms with E-state index in [1.54, 1.807) is 17.5 Å².